The number of halogens is 2. The molecule has 4 aromatic carbocycles. The molecule has 0 aromatic heterocycles. The number of hydrogen-bond acceptors (Lipinski definition) is 0. The SMILES string of the molecule is CCCC[C](CCCC)=[Zr+2]([C]1=CC=CC1)[CH]1c2cc(-c3ccccc3)c(C(C)(C)C)cc2-c2cc(C(C)(C)C)c(-c3ccccc3)cc21.[Cl-].[Cl-]. The smallest absolute Gasteiger partial charge is 1.00 e. The van der Waals surface area contributed by atoms with Crippen molar-refractivity contribution in [2.24, 2.45) is 0 Å². The van der Waals surface area contributed by atoms with Crippen molar-refractivity contribution in [1.29, 1.82) is 0 Å². The third-order valence-corrected chi connectivity index (χ3v) is 19.2. The number of allylic oxidation sites excluding steroid dienone is 4. The minimum Gasteiger partial charge on any atom is -1.00 e. The van der Waals surface area contributed by atoms with Gasteiger partial charge in [0.15, 0.2) is 0 Å². The van der Waals surface area contributed by atoms with Crippen LogP contribution in [0.5, 0.6) is 0 Å². The monoisotopic (exact) mass is 780 g/mol. The zero-order valence-electron chi connectivity index (χ0n) is 31.6. The Morgan fingerprint density at radius 3 is 1.42 bits per heavy atom. The van der Waals surface area contributed by atoms with Gasteiger partial charge < -0.3 is 24.8 Å². The Kier molecular flexibility index (Phi) is 13.8. The van der Waals surface area contributed by atoms with Gasteiger partial charge in [0.25, 0.3) is 0 Å². The van der Waals surface area contributed by atoms with E-state index in [2.05, 4.69) is 159 Å². The molecule has 0 bridgehead atoms. The predicted molar refractivity (Wildman–Crippen MR) is 208 cm³/mol. The van der Waals surface area contributed by atoms with Crippen molar-refractivity contribution >= 4 is 3.21 Å². The summed E-state index contributed by atoms with van der Waals surface area (Å²) >= 11 is -2.46. The van der Waals surface area contributed by atoms with Crippen LogP contribution in [0.4, 0.5) is 0 Å². The predicted octanol–water partition coefficient (Wildman–Crippen LogP) is 7.71. The van der Waals surface area contributed by atoms with Crippen molar-refractivity contribution in [2.75, 3.05) is 0 Å². The molecule has 0 radical (unpaired) electrons. The molecule has 3 heteroatoms. The van der Waals surface area contributed by atoms with Crippen LogP contribution < -0.4 is 24.8 Å². The first kappa shape index (κ1) is 40.5. The zero-order chi connectivity index (χ0) is 34.1. The molecule has 0 atom stereocenters. The van der Waals surface area contributed by atoms with E-state index in [1.54, 1.807) is 14.4 Å². The summed E-state index contributed by atoms with van der Waals surface area (Å²) in [5, 5.41) is 0. The largest absolute Gasteiger partial charge is 1.00 e. The normalized spacial score (nSPS) is 13.5. The molecule has 0 nitrogen and oxygen atoms in total. The minimum absolute atomic E-state index is 0. The third-order valence-electron chi connectivity index (χ3n) is 10.5. The van der Waals surface area contributed by atoms with Gasteiger partial charge in [0.2, 0.25) is 0 Å². The number of hydrogen-bond donors (Lipinski definition) is 0. The fourth-order valence-corrected chi connectivity index (χ4v) is 17.5. The van der Waals surface area contributed by atoms with Crippen molar-refractivity contribution in [3.05, 3.63) is 129 Å². The fourth-order valence-electron chi connectivity index (χ4n) is 8.05. The van der Waals surface area contributed by atoms with Crippen LogP contribution in [0.2, 0.25) is 0 Å². The van der Waals surface area contributed by atoms with Crippen LogP contribution >= 0.6 is 0 Å². The van der Waals surface area contributed by atoms with E-state index in [0.29, 0.717) is 3.63 Å². The van der Waals surface area contributed by atoms with Crippen LogP contribution in [0, 0.1) is 0 Å². The molecule has 0 fully saturated rings. The van der Waals surface area contributed by atoms with E-state index in [-0.39, 0.29) is 35.6 Å². The Labute approximate surface area is 323 Å². The summed E-state index contributed by atoms with van der Waals surface area (Å²) in [6, 6.07) is 33.0. The number of fused-ring (bicyclic) bond motifs is 3. The molecule has 0 saturated carbocycles. The van der Waals surface area contributed by atoms with Gasteiger partial charge in [0.1, 0.15) is 0 Å². The average Bonchev–Trinajstić information content (AvgIpc) is 3.71. The van der Waals surface area contributed by atoms with Crippen LogP contribution in [0.25, 0.3) is 33.4 Å². The molecule has 2 aliphatic carbocycles. The van der Waals surface area contributed by atoms with Gasteiger partial charge in [-0.1, -0.05) is 0 Å². The maximum atomic E-state index is 2.68. The van der Waals surface area contributed by atoms with E-state index in [9.17, 15) is 0 Å². The minimum atomic E-state index is -2.46. The second-order valence-corrected chi connectivity index (χ2v) is 23.0. The molecule has 4 aromatic rings. The van der Waals surface area contributed by atoms with E-state index < -0.39 is 21.3 Å². The Bertz CT molecular complexity index is 1750. The molecule has 6 rings (SSSR count). The first-order valence-corrected chi connectivity index (χ1v) is 22.5. The molecule has 2 aliphatic rings. The van der Waals surface area contributed by atoms with Crippen molar-refractivity contribution in [1.82, 2.24) is 0 Å². The maximum Gasteiger partial charge on any atom is -1.00 e. The van der Waals surface area contributed by atoms with E-state index in [0.717, 1.165) is 6.42 Å². The Balaban J connectivity index is 0.00000281. The average molecular weight is 783 g/mol. The molecule has 0 aliphatic heterocycles. The Morgan fingerprint density at radius 2 is 1.06 bits per heavy atom. The van der Waals surface area contributed by atoms with Crippen LogP contribution in [0.3, 0.4) is 0 Å². The van der Waals surface area contributed by atoms with Gasteiger partial charge in [-0.15, -0.1) is 0 Å². The number of unbranched alkanes of at least 4 members (excludes halogenated alkanes) is 2. The van der Waals surface area contributed by atoms with Crippen molar-refractivity contribution < 1.29 is 46.1 Å². The first-order chi connectivity index (χ1) is 23.0. The summed E-state index contributed by atoms with van der Waals surface area (Å²) in [5.74, 6) is 0. The summed E-state index contributed by atoms with van der Waals surface area (Å²) < 4.78 is 4.24. The van der Waals surface area contributed by atoms with E-state index in [1.807, 2.05) is 3.21 Å². The van der Waals surface area contributed by atoms with Crippen molar-refractivity contribution in [3.63, 3.8) is 0 Å². The second-order valence-electron chi connectivity index (χ2n) is 16.2. The van der Waals surface area contributed by atoms with Crippen LogP contribution in [-0.2, 0) is 32.1 Å². The molecule has 0 N–H and O–H groups in total. The molecule has 0 spiro atoms. The molecule has 0 unspecified atom stereocenters. The van der Waals surface area contributed by atoms with Crippen molar-refractivity contribution in [3.8, 4) is 33.4 Å². The summed E-state index contributed by atoms with van der Waals surface area (Å²) in [6.45, 7) is 19.1. The fraction of sp³-hybridized carbons (Fsp3) is 0.383. The Morgan fingerprint density at radius 1 is 0.620 bits per heavy atom. The molecule has 262 valence electrons. The molecule has 0 heterocycles. The van der Waals surface area contributed by atoms with Gasteiger partial charge in [0, 0.05) is 0 Å². The molecule has 50 heavy (non-hydrogen) atoms. The van der Waals surface area contributed by atoms with Gasteiger partial charge in [0.05, 0.1) is 0 Å². The summed E-state index contributed by atoms with van der Waals surface area (Å²) in [5.41, 5.74) is 14.7. The van der Waals surface area contributed by atoms with Gasteiger partial charge in [-0.25, -0.2) is 0 Å². The topological polar surface area (TPSA) is 0 Å². The van der Waals surface area contributed by atoms with E-state index in [1.165, 1.54) is 83.0 Å². The van der Waals surface area contributed by atoms with Gasteiger partial charge >= 0.3 is 301 Å². The second kappa shape index (κ2) is 17.0. The third kappa shape index (κ3) is 8.33. The van der Waals surface area contributed by atoms with E-state index >= 15 is 0 Å². The molecular weight excluding hydrogens is 727 g/mol. The van der Waals surface area contributed by atoms with Crippen molar-refractivity contribution in [2.45, 2.75) is 115 Å². The van der Waals surface area contributed by atoms with Crippen LogP contribution in [0.15, 0.2) is 106 Å². The van der Waals surface area contributed by atoms with Crippen LogP contribution in [0.1, 0.15) is 126 Å². The quantitative estimate of drug-likeness (QED) is 0.155. The summed E-state index contributed by atoms with van der Waals surface area (Å²) in [6.07, 6.45) is 16.3. The maximum absolute atomic E-state index is 2.68. The standard InChI is InChI=1S/C33H33.C9H18.C5H5.2ClH.Zr/c1-32(2,3)30-20-26-24(18-28(30)22-13-9-7-10-14-22)17-25-19-29(23-15-11-8-12-16-23)31(21-27(25)26)33(4,5)6;1-3-5-7-9-8-6-4-2;1-2-4-5-3-1;;;/h7-21H,1-6H3;3-8H2,1-2H3;1-3H,4H2;2*1H;/q;;;;;+2/p-2. The first-order valence-electron chi connectivity index (χ1n) is 18.6. The van der Waals surface area contributed by atoms with Gasteiger partial charge in [-0.2, -0.15) is 0 Å². The summed E-state index contributed by atoms with van der Waals surface area (Å²) in [4.78, 5) is 0. The zero-order valence-corrected chi connectivity index (χ0v) is 35.6. The van der Waals surface area contributed by atoms with Crippen LogP contribution in [-0.4, -0.2) is 3.21 Å². The molecule has 0 saturated heterocycles. The molecule has 0 amide bonds. The van der Waals surface area contributed by atoms with E-state index in [4.69, 9.17) is 0 Å². The van der Waals surface area contributed by atoms with Gasteiger partial charge in [-0.3, -0.25) is 0 Å². The summed E-state index contributed by atoms with van der Waals surface area (Å²) in [7, 11) is 0. The van der Waals surface area contributed by atoms with Gasteiger partial charge in [-0.05, 0) is 0 Å². The number of benzene rings is 4. The molecular formula is C47H56Cl2Zr. The number of rotatable bonds is 10. The Hall–Kier alpha value is -2.31.